The van der Waals surface area contributed by atoms with Crippen molar-refractivity contribution in [3.63, 3.8) is 0 Å². The Morgan fingerprint density at radius 2 is 2.00 bits per heavy atom. The SMILES string of the molecule is Cc1ccc(C)c(OCC(O)CN2CCC(NS(C)(=O)=O)CC2)c1. The standard InChI is InChI=1S/C17H28N2O4S/c1-13-4-5-14(2)17(10-13)23-12-16(20)11-19-8-6-15(7-9-19)18-24(3,21)22/h4-5,10,15-16,18,20H,6-9,11-12H2,1-3H3. The first kappa shape index (κ1) is 19.2. The van der Waals surface area contributed by atoms with Crippen LogP contribution in [0, 0.1) is 13.8 Å². The average Bonchev–Trinajstić information content (AvgIpc) is 2.49. The van der Waals surface area contributed by atoms with Crippen molar-refractivity contribution in [1.82, 2.24) is 9.62 Å². The molecule has 0 aliphatic carbocycles. The Bertz CT molecular complexity index is 640. The van der Waals surface area contributed by atoms with Crippen LogP contribution in [0.4, 0.5) is 0 Å². The second kappa shape index (κ2) is 8.29. The molecule has 6 nitrogen and oxygen atoms in total. The van der Waals surface area contributed by atoms with Crippen molar-refractivity contribution in [2.75, 3.05) is 32.5 Å². The molecule has 1 aromatic rings. The largest absolute Gasteiger partial charge is 0.491 e. The second-order valence-corrected chi connectivity index (χ2v) is 8.48. The summed E-state index contributed by atoms with van der Waals surface area (Å²) in [5.74, 6) is 0.810. The number of aliphatic hydroxyl groups excluding tert-OH is 1. The van der Waals surface area contributed by atoms with Crippen molar-refractivity contribution in [2.24, 2.45) is 0 Å². The Kier molecular flexibility index (Phi) is 6.62. The quantitative estimate of drug-likeness (QED) is 0.764. The maximum atomic E-state index is 11.2. The van der Waals surface area contributed by atoms with Gasteiger partial charge in [0, 0.05) is 12.6 Å². The Labute approximate surface area is 144 Å². The van der Waals surface area contributed by atoms with E-state index in [1.807, 2.05) is 32.0 Å². The zero-order chi connectivity index (χ0) is 17.7. The maximum Gasteiger partial charge on any atom is 0.208 e. The molecule has 2 N–H and O–H groups in total. The first-order valence-electron chi connectivity index (χ1n) is 8.31. The number of benzene rings is 1. The molecule has 0 bridgehead atoms. The molecule has 0 amide bonds. The summed E-state index contributed by atoms with van der Waals surface area (Å²) in [6.07, 6.45) is 2.15. The van der Waals surface area contributed by atoms with Gasteiger partial charge in [0.05, 0.1) is 6.26 Å². The molecule has 0 radical (unpaired) electrons. The highest BCUT2D eigenvalue weighted by atomic mass is 32.2. The van der Waals surface area contributed by atoms with Crippen molar-refractivity contribution in [3.8, 4) is 5.75 Å². The highest BCUT2D eigenvalue weighted by Gasteiger charge is 2.23. The number of nitrogens with one attached hydrogen (secondary N) is 1. The normalized spacial score (nSPS) is 18.5. The number of β-amino-alcohol motifs (C(OH)–C–C–N with tert-alkyl or cyclic N) is 1. The summed E-state index contributed by atoms with van der Waals surface area (Å²) in [7, 11) is -3.15. The molecule has 0 saturated carbocycles. The molecule has 1 aliphatic rings. The lowest BCUT2D eigenvalue weighted by Gasteiger charge is -2.33. The van der Waals surface area contributed by atoms with Gasteiger partial charge in [-0.05, 0) is 57.0 Å². The van der Waals surface area contributed by atoms with Gasteiger partial charge in [0.25, 0.3) is 0 Å². The molecular weight excluding hydrogens is 328 g/mol. The van der Waals surface area contributed by atoms with Crippen molar-refractivity contribution >= 4 is 10.0 Å². The predicted octanol–water partition coefficient (Wildman–Crippen LogP) is 1.06. The summed E-state index contributed by atoms with van der Waals surface area (Å²) < 4.78 is 30.9. The van der Waals surface area contributed by atoms with E-state index in [1.165, 1.54) is 6.26 Å². The van der Waals surface area contributed by atoms with Gasteiger partial charge < -0.3 is 14.7 Å². The van der Waals surface area contributed by atoms with Crippen molar-refractivity contribution in [2.45, 2.75) is 38.8 Å². The third kappa shape index (κ3) is 6.39. The van der Waals surface area contributed by atoms with Gasteiger partial charge in [0.1, 0.15) is 18.5 Å². The van der Waals surface area contributed by atoms with Crippen LogP contribution in [-0.2, 0) is 10.0 Å². The summed E-state index contributed by atoms with van der Waals surface area (Å²) in [5.41, 5.74) is 2.19. The average molecular weight is 356 g/mol. The van der Waals surface area contributed by atoms with Crippen LogP contribution in [0.2, 0.25) is 0 Å². The lowest BCUT2D eigenvalue weighted by Crippen LogP contribution is -2.46. The number of nitrogens with zero attached hydrogens (tertiary/aromatic N) is 1. The van der Waals surface area contributed by atoms with Gasteiger partial charge in [-0.1, -0.05) is 12.1 Å². The fraction of sp³-hybridized carbons (Fsp3) is 0.647. The first-order valence-corrected chi connectivity index (χ1v) is 10.2. The van der Waals surface area contributed by atoms with E-state index in [0.29, 0.717) is 6.54 Å². The van der Waals surface area contributed by atoms with E-state index in [-0.39, 0.29) is 12.6 Å². The molecule has 2 rings (SSSR count). The fourth-order valence-electron chi connectivity index (χ4n) is 2.94. The number of rotatable bonds is 7. The molecular formula is C17H28N2O4S. The smallest absolute Gasteiger partial charge is 0.208 e. The number of aryl methyl sites for hydroxylation is 2. The van der Waals surface area contributed by atoms with Crippen LogP contribution in [0.25, 0.3) is 0 Å². The minimum atomic E-state index is -3.15. The van der Waals surface area contributed by atoms with E-state index >= 15 is 0 Å². The number of hydrogen-bond donors (Lipinski definition) is 2. The van der Waals surface area contributed by atoms with Crippen LogP contribution < -0.4 is 9.46 Å². The molecule has 0 aromatic heterocycles. The molecule has 7 heteroatoms. The number of piperidine rings is 1. The molecule has 1 aliphatic heterocycles. The third-order valence-electron chi connectivity index (χ3n) is 4.21. The summed E-state index contributed by atoms with van der Waals surface area (Å²) in [5, 5.41) is 10.2. The molecule has 1 saturated heterocycles. The third-order valence-corrected chi connectivity index (χ3v) is 4.97. The van der Waals surface area contributed by atoms with Crippen molar-refractivity contribution < 1.29 is 18.3 Å². The van der Waals surface area contributed by atoms with Crippen LogP contribution in [0.15, 0.2) is 18.2 Å². The lowest BCUT2D eigenvalue weighted by atomic mass is 10.1. The Hall–Kier alpha value is -1.15. The van der Waals surface area contributed by atoms with Gasteiger partial charge in [0.15, 0.2) is 0 Å². The topological polar surface area (TPSA) is 78.9 Å². The van der Waals surface area contributed by atoms with E-state index in [0.717, 1.165) is 42.8 Å². The van der Waals surface area contributed by atoms with Crippen molar-refractivity contribution in [1.29, 1.82) is 0 Å². The molecule has 136 valence electrons. The van der Waals surface area contributed by atoms with E-state index in [9.17, 15) is 13.5 Å². The highest BCUT2D eigenvalue weighted by molar-refractivity contribution is 7.88. The molecule has 1 aromatic carbocycles. The number of likely N-dealkylation sites (tertiary alicyclic amines) is 1. The van der Waals surface area contributed by atoms with Gasteiger partial charge >= 0.3 is 0 Å². The minimum Gasteiger partial charge on any atom is -0.491 e. The number of aliphatic hydroxyl groups is 1. The Morgan fingerprint density at radius 1 is 1.33 bits per heavy atom. The maximum absolute atomic E-state index is 11.2. The van der Waals surface area contributed by atoms with Gasteiger partial charge in [0.2, 0.25) is 10.0 Å². The summed E-state index contributed by atoms with van der Waals surface area (Å²) in [4.78, 5) is 2.15. The Morgan fingerprint density at radius 3 is 2.62 bits per heavy atom. The number of hydrogen-bond acceptors (Lipinski definition) is 5. The molecule has 1 heterocycles. The van der Waals surface area contributed by atoms with Crippen molar-refractivity contribution in [3.05, 3.63) is 29.3 Å². The van der Waals surface area contributed by atoms with Gasteiger partial charge in [-0.2, -0.15) is 0 Å². The molecule has 1 atom stereocenters. The van der Waals surface area contributed by atoms with Crippen LogP contribution in [0.3, 0.4) is 0 Å². The molecule has 0 spiro atoms. The molecule has 24 heavy (non-hydrogen) atoms. The van der Waals surface area contributed by atoms with Crippen LogP contribution in [0.5, 0.6) is 5.75 Å². The van der Waals surface area contributed by atoms with Gasteiger partial charge in [-0.3, -0.25) is 0 Å². The zero-order valence-corrected chi connectivity index (χ0v) is 15.5. The van der Waals surface area contributed by atoms with E-state index < -0.39 is 16.1 Å². The highest BCUT2D eigenvalue weighted by Crippen LogP contribution is 2.19. The predicted molar refractivity (Wildman–Crippen MR) is 94.9 cm³/mol. The Balaban J connectivity index is 1.73. The zero-order valence-electron chi connectivity index (χ0n) is 14.7. The summed E-state index contributed by atoms with van der Waals surface area (Å²) >= 11 is 0. The van der Waals surface area contributed by atoms with Crippen LogP contribution >= 0.6 is 0 Å². The van der Waals surface area contributed by atoms with Gasteiger partial charge in [-0.25, -0.2) is 13.1 Å². The van der Waals surface area contributed by atoms with Crippen LogP contribution in [0.1, 0.15) is 24.0 Å². The lowest BCUT2D eigenvalue weighted by molar-refractivity contribution is 0.0588. The number of ether oxygens (including phenoxy) is 1. The number of sulfonamides is 1. The minimum absolute atomic E-state index is 0.000383. The monoisotopic (exact) mass is 356 g/mol. The van der Waals surface area contributed by atoms with Crippen LogP contribution in [-0.4, -0.2) is 63.1 Å². The van der Waals surface area contributed by atoms with E-state index in [4.69, 9.17) is 4.74 Å². The summed E-state index contributed by atoms with van der Waals surface area (Å²) in [6.45, 7) is 6.34. The second-order valence-electron chi connectivity index (χ2n) is 6.70. The van der Waals surface area contributed by atoms with Gasteiger partial charge in [-0.15, -0.1) is 0 Å². The first-order chi connectivity index (χ1) is 11.2. The summed E-state index contributed by atoms with van der Waals surface area (Å²) in [6, 6.07) is 6.02. The van der Waals surface area contributed by atoms with E-state index in [2.05, 4.69) is 9.62 Å². The molecule has 1 unspecified atom stereocenters. The fourth-order valence-corrected chi connectivity index (χ4v) is 3.78. The van der Waals surface area contributed by atoms with E-state index in [1.54, 1.807) is 0 Å². The molecule has 1 fully saturated rings.